The van der Waals surface area contributed by atoms with E-state index in [-0.39, 0.29) is 5.69 Å². The second-order valence-corrected chi connectivity index (χ2v) is 4.06. The average molecular weight is 270 g/mol. The lowest BCUT2D eigenvalue weighted by atomic mass is 10.1. The Kier molecular flexibility index (Phi) is 3.69. The van der Waals surface area contributed by atoms with Crippen molar-refractivity contribution in [1.29, 1.82) is 0 Å². The molecule has 3 N–H and O–H groups in total. The van der Waals surface area contributed by atoms with Gasteiger partial charge in [0, 0.05) is 13.0 Å². The maximum atomic E-state index is 12.4. The summed E-state index contributed by atoms with van der Waals surface area (Å²) in [6, 6.07) is 6.88. The summed E-state index contributed by atoms with van der Waals surface area (Å²) in [5.74, 6) is 0.804. The van der Waals surface area contributed by atoms with Gasteiger partial charge in [-0.15, -0.1) is 0 Å². The van der Waals surface area contributed by atoms with Crippen molar-refractivity contribution in [2.24, 2.45) is 0 Å². The zero-order valence-corrected chi connectivity index (χ0v) is 10.00. The maximum Gasteiger partial charge on any atom is 0.416 e. The fraction of sp³-hybridized carbons (Fsp3) is 0.231. The molecule has 6 heteroatoms. The van der Waals surface area contributed by atoms with E-state index in [9.17, 15) is 13.2 Å². The predicted molar refractivity (Wildman–Crippen MR) is 66.8 cm³/mol. The topological polar surface area (TPSA) is 51.2 Å². The molecule has 0 fully saturated rings. The molecule has 102 valence electrons. The highest BCUT2D eigenvalue weighted by atomic mass is 19.4. The Labute approximate surface area is 108 Å². The van der Waals surface area contributed by atoms with Crippen LogP contribution in [0, 0.1) is 0 Å². The van der Waals surface area contributed by atoms with E-state index in [0.717, 1.165) is 17.9 Å². The summed E-state index contributed by atoms with van der Waals surface area (Å²) in [5.41, 5.74) is 5.41. The average Bonchev–Trinajstić information content (AvgIpc) is 2.83. The summed E-state index contributed by atoms with van der Waals surface area (Å²) in [6.07, 6.45) is -2.17. The minimum atomic E-state index is -4.37. The third-order valence-corrected chi connectivity index (χ3v) is 2.65. The van der Waals surface area contributed by atoms with Gasteiger partial charge in [-0.2, -0.15) is 13.2 Å². The molecule has 0 aliphatic heterocycles. The predicted octanol–water partition coefficient (Wildman–Crippen LogP) is 3.54. The van der Waals surface area contributed by atoms with Crippen molar-refractivity contribution in [1.82, 2.24) is 0 Å². The fourth-order valence-electron chi connectivity index (χ4n) is 1.68. The molecule has 0 atom stereocenters. The summed E-state index contributed by atoms with van der Waals surface area (Å²) >= 11 is 0. The summed E-state index contributed by atoms with van der Waals surface area (Å²) in [4.78, 5) is 0. The van der Waals surface area contributed by atoms with Crippen LogP contribution in [0.25, 0.3) is 0 Å². The smallest absolute Gasteiger partial charge is 0.416 e. The van der Waals surface area contributed by atoms with Crippen LogP contribution < -0.4 is 11.1 Å². The number of anilines is 2. The molecule has 0 saturated heterocycles. The van der Waals surface area contributed by atoms with Crippen molar-refractivity contribution in [3.8, 4) is 0 Å². The molecule has 0 bridgehead atoms. The third kappa shape index (κ3) is 3.43. The Hall–Kier alpha value is -2.11. The molecule has 19 heavy (non-hydrogen) atoms. The molecule has 0 radical (unpaired) electrons. The molecule has 0 spiro atoms. The van der Waals surface area contributed by atoms with Crippen LogP contribution in [0.5, 0.6) is 0 Å². The molecule has 3 nitrogen and oxygen atoms in total. The van der Waals surface area contributed by atoms with Gasteiger partial charge in [0.15, 0.2) is 0 Å². The second-order valence-electron chi connectivity index (χ2n) is 4.06. The Bertz CT molecular complexity index is 535. The zero-order chi connectivity index (χ0) is 13.9. The number of hydrogen-bond donors (Lipinski definition) is 2. The van der Waals surface area contributed by atoms with Gasteiger partial charge in [-0.1, -0.05) is 0 Å². The number of furan rings is 1. The highest BCUT2D eigenvalue weighted by Crippen LogP contribution is 2.32. The van der Waals surface area contributed by atoms with Crippen molar-refractivity contribution in [3.05, 3.63) is 47.9 Å². The first-order valence-corrected chi connectivity index (χ1v) is 5.70. The molecule has 2 aromatic rings. The largest absolute Gasteiger partial charge is 0.469 e. The third-order valence-electron chi connectivity index (χ3n) is 2.65. The lowest BCUT2D eigenvalue weighted by Gasteiger charge is -2.12. The molecule has 1 aromatic carbocycles. The van der Waals surface area contributed by atoms with Crippen LogP contribution >= 0.6 is 0 Å². The standard InChI is InChI=1S/C13H13F3N2O/c14-13(15,16)9-3-4-12(11(17)8-9)18-6-5-10-2-1-7-19-10/h1-4,7-8,18H,5-6,17H2. The van der Waals surface area contributed by atoms with E-state index < -0.39 is 11.7 Å². The summed E-state index contributed by atoms with van der Waals surface area (Å²) in [5, 5.41) is 2.98. The number of nitrogen functional groups attached to an aromatic ring is 1. The van der Waals surface area contributed by atoms with Gasteiger partial charge >= 0.3 is 6.18 Å². The summed E-state index contributed by atoms with van der Waals surface area (Å²) in [6.45, 7) is 0.531. The first kappa shape index (κ1) is 13.3. The van der Waals surface area contributed by atoms with E-state index in [1.54, 1.807) is 12.3 Å². The second kappa shape index (κ2) is 5.26. The molecular weight excluding hydrogens is 257 g/mol. The quantitative estimate of drug-likeness (QED) is 0.835. The van der Waals surface area contributed by atoms with Crippen molar-refractivity contribution < 1.29 is 17.6 Å². The number of benzene rings is 1. The highest BCUT2D eigenvalue weighted by Gasteiger charge is 2.30. The van der Waals surface area contributed by atoms with Gasteiger partial charge in [0.05, 0.1) is 23.2 Å². The fourth-order valence-corrected chi connectivity index (χ4v) is 1.68. The Morgan fingerprint density at radius 3 is 2.58 bits per heavy atom. The first-order valence-electron chi connectivity index (χ1n) is 5.70. The normalized spacial score (nSPS) is 11.5. The molecule has 0 unspecified atom stereocenters. The number of alkyl halides is 3. The Balaban J connectivity index is 1.97. The lowest BCUT2D eigenvalue weighted by molar-refractivity contribution is -0.137. The van der Waals surface area contributed by atoms with Gasteiger partial charge in [-0.3, -0.25) is 0 Å². The van der Waals surface area contributed by atoms with Crippen LogP contribution in [-0.2, 0) is 12.6 Å². The summed E-state index contributed by atoms with van der Waals surface area (Å²) in [7, 11) is 0. The molecule has 0 saturated carbocycles. The van der Waals surface area contributed by atoms with Crippen molar-refractivity contribution in [2.45, 2.75) is 12.6 Å². The van der Waals surface area contributed by atoms with Crippen molar-refractivity contribution in [3.63, 3.8) is 0 Å². The van der Waals surface area contributed by atoms with E-state index in [2.05, 4.69) is 5.32 Å². The molecule has 0 aliphatic rings. The highest BCUT2D eigenvalue weighted by molar-refractivity contribution is 5.67. The molecule has 0 aliphatic carbocycles. The Morgan fingerprint density at radius 2 is 2.00 bits per heavy atom. The van der Waals surface area contributed by atoms with Gasteiger partial charge in [-0.05, 0) is 30.3 Å². The maximum absolute atomic E-state index is 12.4. The Morgan fingerprint density at radius 1 is 1.21 bits per heavy atom. The van der Waals surface area contributed by atoms with Crippen molar-refractivity contribution in [2.75, 3.05) is 17.6 Å². The van der Waals surface area contributed by atoms with E-state index >= 15 is 0 Å². The molecule has 1 heterocycles. The number of rotatable bonds is 4. The first-order chi connectivity index (χ1) is 8.97. The molecule has 0 amide bonds. The lowest BCUT2D eigenvalue weighted by Crippen LogP contribution is -2.09. The number of hydrogen-bond acceptors (Lipinski definition) is 3. The van der Waals surface area contributed by atoms with E-state index in [1.807, 2.05) is 6.07 Å². The molecule has 2 rings (SSSR count). The van der Waals surface area contributed by atoms with Crippen LogP contribution in [0.4, 0.5) is 24.5 Å². The van der Waals surface area contributed by atoms with E-state index in [1.165, 1.54) is 6.07 Å². The number of nitrogens with two attached hydrogens (primary N) is 1. The van der Waals surface area contributed by atoms with Gasteiger partial charge in [-0.25, -0.2) is 0 Å². The van der Waals surface area contributed by atoms with Crippen LogP contribution in [0.3, 0.4) is 0 Å². The van der Waals surface area contributed by atoms with E-state index in [4.69, 9.17) is 10.2 Å². The molecular formula is C13H13F3N2O. The van der Waals surface area contributed by atoms with Crippen LogP contribution in [0.15, 0.2) is 41.0 Å². The van der Waals surface area contributed by atoms with Crippen molar-refractivity contribution >= 4 is 11.4 Å². The SMILES string of the molecule is Nc1cc(C(F)(F)F)ccc1NCCc1ccco1. The number of halogens is 3. The van der Waals surface area contributed by atoms with Crippen LogP contribution in [0.2, 0.25) is 0 Å². The minimum absolute atomic E-state index is 0.0780. The van der Waals surface area contributed by atoms with Crippen LogP contribution in [-0.4, -0.2) is 6.54 Å². The summed E-state index contributed by atoms with van der Waals surface area (Å²) < 4.78 is 42.5. The van der Waals surface area contributed by atoms with E-state index in [0.29, 0.717) is 18.7 Å². The van der Waals surface area contributed by atoms with Crippen LogP contribution in [0.1, 0.15) is 11.3 Å². The van der Waals surface area contributed by atoms with Gasteiger partial charge in [0.25, 0.3) is 0 Å². The van der Waals surface area contributed by atoms with Gasteiger partial charge < -0.3 is 15.5 Å². The van der Waals surface area contributed by atoms with Gasteiger partial charge in [0.2, 0.25) is 0 Å². The zero-order valence-electron chi connectivity index (χ0n) is 10.00. The molecule has 1 aromatic heterocycles. The number of nitrogens with one attached hydrogen (secondary N) is 1. The monoisotopic (exact) mass is 270 g/mol. The minimum Gasteiger partial charge on any atom is -0.469 e. The van der Waals surface area contributed by atoms with Gasteiger partial charge in [0.1, 0.15) is 5.76 Å².